The average Bonchev–Trinajstić information content (AvgIpc) is 3.45. The van der Waals surface area contributed by atoms with Gasteiger partial charge in [0, 0.05) is 23.7 Å². The number of nitrogens with two attached hydrogens (primary N) is 2. The smallest absolute Gasteiger partial charge is 0.311 e. The number of halogens is 1. The Morgan fingerprint density at radius 1 is 0.755 bits per heavy atom. The Kier molecular flexibility index (Phi) is 9.31. The lowest BCUT2D eigenvalue weighted by Gasteiger charge is -2.63. The van der Waals surface area contributed by atoms with Crippen LogP contribution in [0.5, 0.6) is 17.2 Å². The van der Waals surface area contributed by atoms with Gasteiger partial charge in [-0.1, -0.05) is 20.8 Å². The highest BCUT2D eigenvalue weighted by molar-refractivity contribution is 5.72. The SMILES string of the molecule is C[C@H](CCC(=O)Oc1ccc(F)cc1)[C@H]1CC[C@H]2[C@@H]3CC(Oc4ccc(N)cc4)C4CC(Oc5ccc(N)cc5)CC[C@]4(C)[C@H]3CC[C@]12C. The molecule has 4 aliphatic carbocycles. The molecule has 0 radical (unpaired) electrons. The van der Waals surface area contributed by atoms with Gasteiger partial charge in [-0.15, -0.1) is 0 Å². The number of carbonyl (C=O) groups is 1. The van der Waals surface area contributed by atoms with Crippen LogP contribution < -0.4 is 25.7 Å². The fourth-order valence-corrected chi connectivity index (χ4v) is 11.1. The van der Waals surface area contributed by atoms with Crippen LogP contribution >= 0.6 is 0 Å². The van der Waals surface area contributed by atoms with Crippen molar-refractivity contribution in [1.82, 2.24) is 0 Å². The fourth-order valence-electron chi connectivity index (χ4n) is 11.1. The Bertz CT molecular complexity index is 1600. The Labute approximate surface area is 291 Å². The molecule has 0 aliphatic heterocycles. The van der Waals surface area contributed by atoms with Crippen LogP contribution in [-0.4, -0.2) is 18.2 Å². The molecule has 0 amide bonds. The summed E-state index contributed by atoms with van der Waals surface area (Å²) in [7, 11) is 0. The van der Waals surface area contributed by atoms with Crippen molar-refractivity contribution in [2.75, 3.05) is 11.5 Å². The highest BCUT2D eigenvalue weighted by Crippen LogP contribution is 2.68. The predicted octanol–water partition coefficient (Wildman–Crippen LogP) is 9.48. The summed E-state index contributed by atoms with van der Waals surface area (Å²) < 4.78 is 32.4. The number of rotatable bonds is 9. The molecule has 7 rings (SSSR count). The number of nitrogen functional groups attached to an aromatic ring is 2. The van der Waals surface area contributed by atoms with Gasteiger partial charge < -0.3 is 25.7 Å². The third-order valence-electron chi connectivity index (χ3n) is 13.6. The molecule has 6 nitrogen and oxygen atoms in total. The van der Waals surface area contributed by atoms with E-state index in [-0.39, 0.29) is 34.8 Å². The molecule has 0 bridgehead atoms. The van der Waals surface area contributed by atoms with E-state index >= 15 is 0 Å². The lowest BCUT2D eigenvalue weighted by atomic mass is 9.43. The summed E-state index contributed by atoms with van der Waals surface area (Å²) in [5.41, 5.74) is 13.9. The summed E-state index contributed by atoms with van der Waals surface area (Å²) in [4.78, 5) is 12.7. The van der Waals surface area contributed by atoms with E-state index in [4.69, 9.17) is 25.7 Å². The highest BCUT2D eigenvalue weighted by Gasteiger charge is 2.63. The molecule has 4 N–H and O–H groups in total. The van der Waals surface area contributed by atoms with E-state index in [1.54, 1.807) is 0 Å². The van der Waals surface area contributed by atoms with Gasteiger partial charge in [0.15, 0.2) is 0 Å². The number of carbonyl (C=O) groups excluding carboxylic acids is 1. The second-order valence-electron chi connectivity index (χ2n) is 16.2. The van der Waals surface area contributed by atoms with Crippen LogP contribution in [0.1, 0.15) is 85.0 Å². The van der Waals surface area contributed by atoms with Crippen LogP contribution in [-0.2, 0) is 4.79 Å². The van der Waals surface area contributed by atoms with Gasteiger partial charge in [-0.05, 0) is 171 Å². The molecular weight excluding hydrogens is 615 g/mol. The number of anilines is 2. The van der Waals surface area contributed by atoms with Gasteiger partial charge >= 0.3 is 5.97 Å². The predicted molar refractivity (Wildman–Crippen MR) is 192 cm³/mol. The molecule has 0 saturated heterocycles. The maximum absolute atomic E-state index is 13.3. The van der Waals surface area contributed by atoms with Crippen molar-refractivity contribution in [2.24, 2.45) is 46.3 Å². The highest BCUT2D eigenvalue weighted by atomic mass is 19.1. The molecule has 49 heavy (non-hydrogen) atoms. The first-order chi connectivity index (χ1) is 23.5. The zero-order valence-corrected chi connectivity index (χ0v) is 29.3. The summed E-state index contributed by atoms with van der Waals surface area (Å²) >= 11 is 0. The van der Waals surface area contributed by atoms with Crippen LogP contribution in [0.4, 0.5) is 15.8 Å². The monoisotopic (exact) mass is 668 g/mol. The lowest BCUT2D eigenvalue weighted by Crippen LogP contribution is -2.59. The molecular formula is C42H53FN2O4. The van der Waals surface area contributed by atoms with Crippen molar-refractivity contribution in [2.45, 2.75) is 97.2 Å². The number of hydrogen-bond acceptors (Lipinski definition) is 6. The topological polar surface area (TPSA) is 96.8 Å². The summed E-state index contributed by atoms with van der Waals surface area (Å²) in [6.07, 6.45) is 10.6. The Morgan fingerprint density at radius 3 is 2.02 bits per heavy atom. The lowest BCUT2D eigenvalue weighted by molar-refractivity contribution is -0.164. The van der Waals surface area contributed by atoms with E-state index in [2.05, 4.69) is 20.8 Å². The Hall–Kier alpha value is -3.74. The van der Waals surface area contributed by atoms with Crippen LogP contribution in [0.3, 0.4) is 0 Å². The maximum Gasteiger partial charge on any atom is 0.311 e. The van der Waals surface area contributed by atoms with Crippen LogP contribution in [0.25, 0.3) is 0 Å². The Morgan fingerprint density at radius 2 is 1.35 bits per heavy atom. The number of ether oxygens (including phenoxy) is 3. The van der Waals surface area contributed by atoms with Crippen molar-refractivity contribution < 1.29 is 23.4 Å². The number of fused-ring (bicyclic) bond motifs is 5. The molecule has 3 unspecified atom stereocenters. The Balaban J connectivity index is 1.07. The molecule has 4 aliphatic rings. The van der Waals surface area contributed by atoms with E-state index in [1.165, 1.54) is 49.9 Å². The second kappa shape index (κ2) is 13.5. The summed E-state index contributed by atoms with van der Waals surface area (Å²) in [5.74, 6) is 4.89. The quantitative estimate of drug-likeness (QED) is 0.134. The first kappa shape index (κ1) is 33.7. The first-order valence-corrected chi connectivity index (χ1v) is 18.5. The molecule has 0 heterocycles. The molecule has 0 aromatic heterocycles. The third-order valence-corrected chi connectivity index (χ3v) is 13.6. The van der Waals surface area contributed by atoms with Crippen molar-refractivity contribution in [3.63, 3.8) is 0 Å². The third kappa shape index (κ3) is 6.74. The zero-order valence-electron chi connectivity index (χ0n) is 29.3. The van der Waals surface area contributed by atoms with Crippen LogP contribution in [0, 0.1) is 52.2 Å². The van der Waals surface area contributed by atoms with E-state index in [1.807, 2.05) is 48.5 Å². The van der Waals surface area contributed by atoms with Gasteiger partial charge in [0.25, 0.3) is 0 Å². The van der Waals surface area contributed by atoms with Gasteiger partial charge in [-0.3, -0.25) is 4.79 Å². The van der Waals surface area contributed by atoms with Gasteiger partial charge in [-0.2, -0.15) is 0 Å². The summed E-state index contributed by atoms with van der Waals surface area (Å²) in [6, 6.07) is 21.4. The first-order valence-electron chi connectivity index (χ1n) is 18.5. The molecule has 262 valence electrons. The number of esters is 1. The minimum Gasteiger partial charge on any atom is -0.490 e. The molecule has 4 saturated carbocycles. The minimum absolute atomic E-state index is 0.104. The van der Waals surface area contributed by atoms with Gasteiger partial charge in [0.1, 0.15) is 29.2 Å². The van der Waals surface area contributed by atoms with Gasteiger partial charge in [0.05, 0.1) is 6.10 Å². The van der Waals surface area contributed by atoms with E-state index < -0.39 is 0 Å². The van der Waals surface area contributed by atoms with Crippen LogP contribution in [0.2, 0.25) is 0 Å². The number of hydrogen-bond donors (Lipinski definition) is 2. The van der Waals surface area contributed by atoms with Crippen molar-refractivity contribution in [3.8, 4) is 17.2 Å². The summed E-state index contributed by atoms with van der Waals surface area (Å²) in [5, 5.41) is 0. The molecule has 7 heteroatoms. The zero-order chi connectivity index (χ0) is 34.3. The van der Waals surface area contributed by atoms with Crippen molar-refractivity contribution in [3.05, 3.63) is 78.6 Å². The number of benzene rings is 3. The average molecular weight is 669 g/mol. The maximum atomic E-state index is 13.3. The van der Waals surface area contributed by atoms with Crippen LogP contribution in [0.15, 0.2) is 72.8 Å². The molecule has 10 atom stereocenters. The van der Waals surface area contributed by atoms with Crippen molar-refractivity contribution in [1.29, 1.82) is 0 Å². The second-order valence-corrected chi connectivity index (χ2v) is 16.2. The van der Waals surface area contributed by atoms with Gasteiger partial charge in [-0.25, -0.2) is 4.39 Å². The molecule has 4 fully saturated rings. The molecule has 3 aromatic carbocycles. The molecule has 3 aromatic rings. The van der Waals surface area contributed by atoms with Crippen molar-refractivity contribution >= 4 is 17.3 Å². The minimum atomic E-state index is -0.339. The standard InChI is InChI=1S/C42H53FN2O4/c1-26(4-19-40(46)49-32-11-5-27(43)6-12-32)35-17-18-36-34-25-39(48-31-15-9-29(45)10-16-31)38-24-33(47-30-13-7-28(44)8-14-30)20-22-42(38,3)37(34)21-23-41(35,36)2/h5-16,26,33-39H,4,17-25,44-45H2,1-3H3/t26-,33?,34+,35-,36+,37+,38?,39?,41-,42-/m1/s1. The fraction of sp³-hybridized carbons (Fsp3) is 0.548. The van der Waals surface area contributed by atoms with E-state index in [9.17, 15) is 9.18 Å². The van der Waals surface area contributed by atoms with E-state index in [0.29, 0.717) is 47.7 Å². The van der Waals surface area contributed by atoms with E-state index in [0.717, 1.165) is 55.0 Å². The normalized spacial score (nSPS) is 34.2. The van der Waals surface area contributed by atoms with Gasteiger partial charge in [0.2, 0.25) is 0 Å². The largest absolute Gasteiger partial charge is 0.490 e. The molecule has 0 spiro atoms. The summed E-state index contributed by atoms with van der Waals surface area (Å²) in [6.45, 7) is 7.46.